The van der Waals surface area contributed by atoms with Crippen LogP contribution in [0.4, 0.5) is 5.69 Å². The summed E-state index contributed by atoms with van der Waals surface area (Å²) in [6.45, 7) is 5.52. The molecule has 0 bridgehead atoms. The van der Waals surface area contributed by atoms with E-state index in [1.165, 1.54) is 0 Å². The van der Waals surface area contributed by atoms with Crippen molar-refractivity contribution in [3.05, 3.63) is 29.3 Å². The molecule has 1 aliphatic rings. The third-order valence-corrected chi connectivity index (χ3v) is 4.32. The second-order valence-electron chi connectivity index (χ2n) is 6.16. The van der Waals surface area contributed by atoms with E-state index in [0.717, 1.165) is 54.1 Å². The van der Waals surface area contributed by atoms with Crippen LogP contribution in [0.1, 0.15) is 36.8 Å². The summed E-state index contributed by atoms with van der Waals surface area (Å²) in [5.41, 5.74) is 2.84. The summed E-state index contributed by atoms with van der Waals surface area (Å²) < 4.78 is 0. The van der Waals surface area contributed by atoms with E-state index in [2.05, 4.69) is 5.32 Å². The van der Waals surface area contributed by atoms with E-state index in [1.807, 2.05) is 32.0 Å². The molecule has 22 heavy (non-hydrogen) atoms. The van der Waals surface area contributed by atoms with Crippen molar-refractivity contribution in [2.24, 2.45) is 0 Å². The molecular weight excluding hydrogens is 280 g/mol. The summed E-state index contributed by atoms with van der Waals surface area (Å²) in [5, 5.41) is 14.2. The number of carbonyl (C=O) groups excluding carboxylic acids is 2. The lowest BCUT2D eigenvalue weighted by Gasteiger charge is -2.31. The fourth-order valence-corrected chi connectivity index (χ4v) is 3.09. The number of rotatable bonds is 5. The van der Waals surface area contributed by atoms with E-state index < -0.39 is 12.0 Å². The van der Waals surface area contributed by atoms with Crippen molar-refractivity contribution in [1.29, 1.82) is 0 Å². The van der Waals surface area contributed by atoms with Crippen molar-refractivity contribution in [1.82, 2.24) is 0 Å². The molecule has 1 fully saturated rings. The molecule has 0 radical (unpaired) electrons. The first-order valence-electron chi connectivity index (χ1n) is 7.90. The minimum atomic E-state index is -1.13. The Kier molecular flexibility index (Phi) is 5.55. The maximum atomic E-state index is 12.2. The highest BCUT2D eigenvalue weighted by Gasteiger charge is 2.28. The van der Waals surface area contributed by atoms with Crippen molar-refractivity contribution >= 4 is 17.6 Å². The molecule has 1 atom stereocenters. The van der Waals surface area contributed by atoms with Gasteiger partial charge in [-0.3, -0.25) is 4.79 Å². The van der Waals surface area contributed by atoms with Gasteiger partial charge in [-0.15, -0.1) is 0 Å². The Morgan fingerprint density at radius 2 is 1.91 bits per heavy atom. The fraction of sp³-hybridized carbons (Fsp3) is 0.529. The molecular formula is C17H24N2O3. The first-order chi connectivity index (χ1) is 10.5. The van der Waals surface area contributed by atoms with Crippen LogP contribution in [0, 0.1) is 13.8 Å². The minimum Gasteiger partial charge on any atom is -0.544 e. The van der Waals surface area contributed by atoms with Gasteiger partial charge in [0.15, 0.2) is 0 Å². The van der Waals surface area contributed by atoms with Gasteiger partial charge in [0, 0.05) is 5.69 Å². The maximum Gasteiger partial charge on any atom is 0.230 e. The molecule has 1 aromatic rings. The van der Waals surface area contributed by atoms with Crippen LogP contribution in [0.2, 0.25) is 0 Å². The summed E-state index contributed by atoms with van der Waals surface area (Å²) in [6.07, 6.45) is 3.12. The van der Waals surface area contributed by atoms with Crippen LogP contribution in [0.3, 0.4) is 0 Å². The number of quaternary nitrogens is 1. The molecule has 1 heterocycles. The second kappa shape index (κ2) is 7.40. The number of nitrogens with one attached hydrogen (secondary N) is 2. The summed E-state index contributed by atoms with van der Waals surface area (Å²) >= 11 is 0. The van der Waals surface area contributed by atoms with Gasteiger partial charge in [-0.1, -0.05) is 17.7 Å². The van der Waals surface area contributed by atoms with E-state index in [0.29, 0.717) is 0 Å². The van der Waals surface area contributed by atoms with Crippen LogP contribution in [0.15, 0.2) is 18.2 Å². The number of likely N-dealkylation sites (tertiary alicyclic amines) is 1. The quantitative estimate of drug-likeness (QED) is 0.792. The summed E-state index contributed by atoms with van der Waals surface area (Å²) in [4.78, 5) is 24.5. The molecule has 0 saturated carbocycles. The van der Waals surface area contributed by atoms with Crippen LogP contribution in [0.25, 0.3) is 0 Å². The fourth-order valence-electron chi connectivity index (χ4n) is 3.09. The van der Waals surface area contributed by atoms with Crippen molar-refractivity contribution in [3.8, 4) is 0 Å². The van der Waals surface area contributed by atoms with Gasteiger partial charge in [0.1, 0.15) is 6.04 Å². The Morgan fingerprint density at radius 1 is 1.23 bits per heavy atom. The summed E-state index contributed by atoms with van der Waals surface area (Å²) in [7, 11) is 0. The molecule has 0 aromatic heterocycles. The van der Waals surface area contributed by atoms with Gasteiger partial charge in [0.2, 0.25) is 5.91 Å². The molecule has 0 unspecified atom stereocenters. The van der Waals surface area contributed by atoms with Crippen LogP contribution >= 0.6 is 0 Å². The third-order valence-electron chi connectivity index (χ3n) is 4.32. The van der Waals surface area contributed by atoms with Crippen LogP contribution in [-0.2, 0) is 9.59 Å². The number of carbonyl (C=O) groups is 2. The maximum absolute atomic E-state index is 12.2. The predicted octanol–water partition coefficient (Wildman–Crippen LogP) is -0.181. The highest BCUT2D eigenvalue weighted by molar-refractivity contribution is 5.94. The second-order valence-corrected chi connectivity index (χ2v) is 6.16. The number of hydrogen-bond donors (Lipinski definition) is 2. The van der Waals surface area contributed by atoms with Gasteiger partial charge in [0.05, 0.1) is 25.5 Å². The van der Waals surface area contributed by atoms with Crippen molar-refractivity contribution in [3.63, 3.8) is 0 Å². The van der Waals surface area contributed by atoms with Crippen LogP contribution < -0.4 is 15.3 Å². The summed E-state index contributed by atoms with van der Waals surface area (Å²) in [5.74, 6) is -1.40. The van der Waals surface area contributed by atoms with Crippen molar-refractivity contribution in [2.45, 2.75) is 45.6 Å². The van der Waals surface area contributed by atoms with Gasteiger partial charge < -0.3 is 20.1 Å². The first-order valence-corrected chi connectivity index (χ1v) is 7.90. The zero-order valence-electron chi connectivity index (χ0n) is 13.3. The zero-order chi connectivity index (χ0) is 16.1. The monoisotopic (exact) mass is 304 g/mol. The number of carboxylic acid groups (broad SMARTS) is 1. The minimum absolute atomic E-state index is 0.0367. The molecule has 0 spiro atoms. The number of carboxylic acids is 1. The number of piperidine rings is 1. The lowest BCUT2D eigenvalue weighted by Crippen LogP contribution is -3.18. The zero-order valence-corrected chi connectivity index (χ0v) is 13.3. The predicted molar refractivity (Wildman–Crippen MR) is 82.5 cm³/mol. The molecule has 2 N–H and O–H groups in total. The third kappa shape index (κ3) is 4.31. The largest absolute Gasteiger partial charge is 0.544 e. The van der Waals surface area contributed by atoms with Crippen LogP contribution in [-0.4, -0.2) is 31.0 Å². The first kappa shape index (κ1) is 16.5. The smallest absolute Gasteiger partial charge is 0.230 e. The van der Waals surface area contributed by atoms with Crippen molar-refractivity contribution in [2.75, 3.05) is 18.4 Å². The number of amides is 1. The van der Waals surface area contributed by atoms with E-state index in [9.17, 15) is 14.7 Å². The lowest BCUT2D eigenvalue weighted by molar-refractivity contribution is -0.922. The number of benzene rings is 1. The molecule has 2 rings (SSSR count). The van der Waals surface area contributed by atoms with E-state index >= 15 is 0 Å². The molecule has 1 saturated heterocycles. The van der Waals surface area contributed by atoms with Crippen molar-refractivity contribution < 1.29 is 19.6 Å². The highest BCUT2D eigenvalue weighted by atomic mass is 16.4. The number of aryl methyl sites for hydroxylation is 2. The number of aliphatic carboxylic acids is 1. The Labute approximate surface area is 131 Å². The summed E-state index contributed by atoms with van der Waals surface area (Å²) in [6, 6.07) is 5.01. The Bertz CT molecular complexity index is 551. The Morgan fingerprint density at radius 3 is 2.50 bits per heavy atom. The topological polar surface area (TPSA) is 73.7 Å². The molecule has 5 nitrogen and oxygen atoms in total. The lowest BCUT2D eigenvalue weighted by atomic mass is 10.1. The van der Waals surface area contributed by atoms with E-state index in [4.69, 9.17) is 0 Å². The van der Waals surface area contributed by atoms with Gasteiger partial charge >= 0.3 is 0 Å². The standard InChI is InChI=1S/C17H24N2O3/c1-12-6-7-14(13(2)10-12)18-16(20)11-15(17(21)22)19-8-4-3-5-9-19/h6-7,10,15H,3-5,8-9,11H2,1-2H3,(H,18,20)(H,21,22)/t15-/m1/s1. The highest BCUT2D eigenvalue weighted by Crippen LogP contribution is 2.16. The Balaban J connectivity index is 2.00. The average molecular weight is 304 g/mol. The Hall–Kier alpha value is -1.88. The SMILES string of the molecule is Cc1ccc(NC(=O)C[C@H](C(=O)[O-])[NH+]2CCCCC2)c(C)c1. The average Bonchev–Trinajstić information content (AvgIpc) is 2.48. The van der Waals surface area contributed by atoms with Gasteiger partial charge in [-0.25, -0.2) is 0 Å². The van der Waals surface area contributed by atoms with Crippen LogP contribution in [0.5, 0.6) is 0 Å². The molecule has 0 aliphatic carbocycles. The molecule has 1 aliphatic heterocycles. The van der Waals surface area contributed by atoms with Gasteiger partial charge in [-0.2, -0.15) is 0 Å². The number of anilines is 1. The van der Waals surface area contributed by atoms with Gasteiger partial charge in [0.25, 0.3) is 0 Å². The molecule has 1 amide bonds. The van der Waals surface area contributed by atoms with E-state index in [1.54, 1.807) is 0 Å². The molecule has 5 heteroatoms. The van der Waals surface area contributed by atoms with Gasteiger partial charge in [-0.05, 0) is 44.7 Å². The molecule has 120 valence electrons. The molecule has 1 aromatic carbocycles. The van der Waals surface area contributed by atoms with E-state index in [-0.39, 0.29) is 12.3 Å². The number of hydrogen-bond acceptors (Lipinski definition) is 3. The normalized spacial score (nSPS) is 17.0.